The number of halogens is 2. The van der Waals surface area contributed by atoms with Crippen molar-refractivity contribution in [3.63, 3.8) is 0 Å². The Morgan fingerprint density at radius 2 is 1.95 bits per heavy atom. The molecule has 1 aromatic carbocycles. The summed E-state index contributed by atoms with van der Waals surface area (Å²) >= 11 is 0. The van der Waals surface area contributed by atoms with Crippen LogP contribution in [0.3, 0.4) is 0 Å². The van der Waals surface area contributed by atoms with Crippen molar-refractivity contribution in [2.24, 2.45) is 5.92 Å². The van der Waals surface area contributed by atoms with E-state index in [1.54, 1.807) is 0 Å². The molecule has 1 aliphatic rings. The van der Waals surface area contributed by atoms with Gasteiger partial charge in [-0.2, -0.15) is 0 Å². The Bertz CT molecular complexity index is 458. The van der Waals surface area contributed by atoms with Crippen molar-refractivity contribution < 1.29 is 18.7 Å². The number of amides is 1. The molecule has 1 aliphatic carbocycles. The molecule has 2 rings (SSSR count). The van der Waals surface area contributed by atoms with Crippen LogP contribution in [-0.4, -0.2) is 30.6 Å². The van der Waals surface area contributed by atoms with E-state index in [1.165, 1.54) is 6.07 Å². The molecular weight excluding hydrogens is 266 g/mol. The molecule has 0 spiro atoms. The van der Waals surface area contributed by atoms with Crippen molar-refractivity contribution in [2.75, 3.05) is 19.6 Å². The molecule has 1 aromatic rings. The molecule has 6 heteroatoms. The molecule has 1 saturated carbocycles. The average molecular weight is 284 g/mol. The SMILES string of the molecule is O=C(NCCNCC(O)c1c(F)cccc1F)C1CC1. The van der Waals surface area contributed by atoms with Gasteiger partial charge >= 0.3 is 0 Å². The zero-order valence-electron chi connectivity index (χ0n) is 11.0. The smallest absolute Gasteiger partial charge is 0.223 e. The Hall–Kier alpha value is -1.53. The van der Waals surface area contributed by atoms with Crippen molar-refractivity contribution in [1.82, 2.24) is 10.6 Å². The lowest BCUT2D eigenvalue weighted by atomic mass is 10.1. The number of carbonyl (C=O) groups is 1. The summed E-state index contributed by atoms with van der Waals surface area (Å²) in [4.78, 5) is 11.3. The quantitative estimate of drug-likeness (QED) is 0.657. The van der Waals surface area contributed by atoms with Gasteiger partial charge in [-0.05, 0) is 25.0 Å². The zero-order valence-corrected chi connectivity index (χ0v) is 11.0. The second-order valence-corrected chi connectivity index (χ2v) is 4.92. The first-order chi connectivity index (χ1) is 9.59. The van der Waals surface area contributed by atoms with Gasteiger partial charge < -0.3 is 15.7 Å². The Morgan fingerprint density at radius 1 is 1.30 bits per heavy atom. The van der Waals surface area contributed by atoms with Crippen molar-refractivity contribution in [3.05, 3.63) is 35.4 Å². The first-order valence-corrected chi connectivity index (χ1v) is 6.70. The molecule has 4 nitrogen and oxygen atoms in total. The Kier molecular flexibility index (Phi) is 5.03. The van der Waals surface area contributed by atoms with Gasteiger partial charge in [0.25, 0.3) is 0 Å². The van der Waals surface area contributed by atoms with Gasteiger partial charge in [0.1, 0.15) is 11.6 Å². The summed E-state index contributed by atoms with van der Waals surface area (Å²) in [7, 11) is 0. The summed E-state index contributed by atoms with van der Waals surface area (Å²) in [6, 6.07) is 3.47. The maximum absolute atomic E-state index is 13.4. The van der Waals surface area contributed by atoms with E-state index in [2.05, 4.69) is 10.6 Å². The number of aliphatic hydroxyl groups excluding tert-OH is 1. The van der Waals surface area contributed by atoms with E-state index in [0.29, 0.717) is 13.1 Å². The third-order valence-electron chi connectivity index (χ3n) is 3.22. The Labute approximate surface area is 116 Å². The van der Waals surface area contributed by atoms with Crippen LogP contribution in [-0.2, 0) is 4.79 Å². The van der Waals surface area contributed by atoms with Crippen LogP contribution >= 0.6 is 0 Å². The van der Waals surface area contributed by atoms with Gasteiger partial charge in [-0.25, -0.2) is 8.78 Å². The monoisotopic (exact) mass is 284 g/mol. The van der Waals surface area contributed by atoms with Gasteiger partial charge in [-0.1, -0.05) is 6.07 Å². The molecule has 1 atom stereocenters. The van der Waals surface area contributed by atoms with Crippen molar-refractivity contribution in [2.45, 2.75) is 18.9 Å². The number of rotatable bonds is 7. The van der Waals surface area contributed by atoms with Gasteiger partial charge in [-0.15, -0.1) is 0 Å². The summed E-state index contributed by atoms with van der Waals surface area (Å²) in [6.07, 6.45) is 0.644. The maximum Gasteiger partial charge on any atom is 0.223 e. The largest absolute Gasteiger partial charge is 0.387 e. The lowest BCUT2D eigenvalue weighted by Gasteiger charge is -2.14. The Morgan fingerprint density at radius 3 is 2.55 bits per heavy atom. The van der Waals surface area contributed by atoms with E-state index in [1.807, 2.05) is 0 Å². The highest BCUT2D eigenvalue weighted by atomic mass is 19.1. The van der Waals surface area contributed by atoms with Gasteiger partial charge in [0.15, 0.2) is 0 Å². The van der Waals surface area contributed by atoms with Crippen LogP contribution in [0.15, 0.2) is 18.2 Å². The lowest BCUT2D eigenvalue weighted by Crippen LogP contribution is -2.34. The summed E-state index contributed by atoms with van der Waals surface area (Å²) in [5, 5.41) is 15.4. The molecule has 1 unspecified atom stereocenters. The second kappa shape index (κ2) is 6.76. The first-order valence-electron chi connectivity index (χ1n) is 6.70. The van der Waals surface area contributed by atoms with E-state index in [-0.39, 0.29) is 23.9 Å². The minimum Gasteiger partial charge on any atom is -0.387 e. The fourth-order valence-corrected chi connectivity index (χ4v) is 1.93. The topological polar surface area (TPSA) is 61.4 Å². The minimum absolute atomic E-state index is 0.0250. The van der Waals surface area contributed by atoms with Gasteiger partial charge in [0.2, 0.25) is 5.91 Å². The fraction of sp³-hybridized carbons (Fsp3) is 0.500. The van der Waals surface area contributed by atoms with Crippen molar-refractivity contribution >= 4 is 5.91 Å². The van der Waals surface area contributed by atoms with Gasteiger partial charge in [0.05, 0.1) is 11.7 Å². The third kappa shape index (κ3) is 3.98. The Balaban J connectivity index is 1.69. The number of carbonyl (C=O) groups excluding carboxylic acids is 1. The van der Waals surface area contributed by atoms with Crippen LogP contribution in [0.1, 0.15) is 24.5 Å². The molecule has 0 saturated heterocycles. The number of benzene rings is 1. The first kappa shape index (κ1) is 14.9. The van der Waals surface area contributed by atoms with E-state index >= 15 is 0 Å². The number of aliphatic hydroxyl groups is 1. The molecule has 0 radical (unpaired) electrons. The molecule has 1 amide bonds. The molecule has 0 heterocycles. The zero-order chi connectivity index (χ0) is 14.5. The lowest BCUT2D eigenvalue weighted by molar-refractivity contribution is -0.122. The molecule has 0 aliphatic heterocycles. The van der Waals surface area contributed by atoms with Crippen molar-refractivity contribution in [1.29, 1.82) is 0 Å². The van der Waals surface area contributed by atoms with Gasteiger partial charge in [0, 0.05) is 25.6 Å². The summed E-state index contributed by atoms with van der Waals surface area (Å²) in [5.74, 6) is -1.32. The molecule has 1 fully saturated rings. The fourth-order valence-electron chi connectivity index (χ4n) is 1.93. The van der Waals surface area contributed by atoms with E-state index < -0.39 is 17.7 Å². The highest BCUT2D eigenvalue weighted by Crippen LogP contribution is 2.28. The number of hydrogen-bond acceptors (Lipinski definition) is 3. The molecule has 3 N–H and O–H groups in total. The molecule has 20 heavy (non-hydrogen) atoms. The highest BCUT2D eigenvalue weighted by molar-refractivity contribution is 5.80. The average Bonchev–Trinajstić information content (AvgIpc) is 3.22. The summed E-state index contributed by atoms with van der Waals surface area (Å²) < 4.78 is 26.8. The molecule has 0 bridgehead atoms. The molecular formula is C14H18F2N2O2. The van der Waals surface area contributed by atoms with Crippen molar-refractivity contribution in [3.8, 4) is 0 Å². The van der Waals surface area contributed by atoms with Crippen LogP contribution in [0.25, 0.3) is 0 Å². The highest BCUT2D eigenvalue weighted by Gasteiger charge is 2.28. The maximum atomic E-state index is 13.4. The molecule has 0 aromatic heterocycles. The van der Waals surface area contributed by atoms with Crippen LogP contribution in [0.5, 0.6) is 0 Å². The van der Waals surface area contributed by atoms with E-state index in [4.69, 9.17) is 0 Å². The molecule has 110 valence electrons. The van der Waals surface area contributed by atoms with Crippen LogP contribution in [0.2, 0.25) is 0 Å². The standard InChI is InChI=1S/C14H18F2N2O2/c15-10-2-1-3-11(16)13(10)12(19)8-17-6-7-18-14(20)9-4-5-9/h1-3,9,12,17,19H,4-8H2,(H,18,20). The number of nitrogens with one attached hydrogen (secondary N) is 2. The van der Waals surface area contributed by atoms with E-state index in [0.717, 1.165) is 25.0 Å². The predicted molar refractivity (Wildman–Crippen MR) is 69.9 cm³/mol. The third-order valence-corrected chi connectivity index (χ3v) is 3.22. The van der Waals surface area contributed by atoms with Crippen LogP contribution in [0, 0.1) is 17.6 Å². The van der Waals surface area contributed by atoms with Gasteiger partial charge in [-0.3, -0.25) is 4.79 Å². The predicted octanol–water partition coefficient (Wildman–Crippen LogP) is 1.11. The van der Waals surface area contributed by atoms with Crippen LogP contribution < -0.4 is 10.6 Å². The number of hydrogen-bond donors (Lipinski definition) is 3. The minimum atomic E-state index is -1.25. The van der Waals surface area contributed by atoms with Crippen LogP contribution in [0.4, 0.5) is 8.78 Å². The summed E-state index contributed by atoms with van der Waals surface area (Å²) in [6.45, 7) is 0.893. The second-order valence-electron chi connectivity index (χ2n) is 4.92. The van der Waals surface area contributed by atoms with E-state index in [9.17, 15) is 18.7 Å². The normalized spacial score (nSPS) is 15.9. The summed E-state index contributed by atoms with van der Waals surface area (Å²) in [5.41, 5.74) is -0.331.